The first-order valence-corrected chi connectivity index (χ1v) is 10.7. The predicted molar refractivity (Wildman–Crippen MR) is 122 cm³/mol. The summed E-state index contributed by atoms with van der Waals surface area (Å²) in [6, 6.07) is 14.2. The summed E-state index contributed by atoms with van der Waals surface area (Å²) >= 11 is 5.99. The SMILES string of the molecule is CCN1C(=O)C(N)C(c2ccc(F)cc2)c2c(NC(=O)C(C)Cl)nn(-c3ccccc3)c21. The second kappa shape index (κ2) is 8.72. The first-order valence-electron chi connectivity index (χ1n) is 10.3. The summed E-state index contributed by atoms with van der Waals surface area (Å²) in [5.41, 5.74) is 8.36. The molecule has 4 rings (SSSR count). The molecular weight excluding hydrogens is 433 g/mol. The molecule has 1 aliphatic rings. The van der Waals surface area contributed by atoms with E-state index in [0.29, 0.717) is 29.2 Å². The number of anilines is 2. The molecule has 0 saturated heterocycles. The van der Waals surface area contributed by atoms with Crippen LogP contribution in [0, 0.1) is 5.82 Å². The first kappa shape index (κ1) is 22.0. The number of nitrogens with zero attached hydrogens (tertiary/aromatic N) is 3. The fraction of sp³-hybridized carbons (Fsp3) is 0.261. The fourth-order valence-electron chi connectivity index (χ4n) is 3.98. The molecule has 0 aliphatic carbocycles. The van der Waals surface area contributed by atoms with Crippen molar-refractivity contribution in [2.75, 3.05) is 16.8 Å². The maximum Gasteiger partial charge on any atom is 0.246 e. The molecule has 32 heavy (non-hydrogen) atoms. The van der Waals surface area contributed by atoms with Gasteiger partial charge in [-0.25, -0.2) is 9.07 Å². The number of rotatable bonds is 5. The van der Waals surface area contributed by atoms with E-state index in [1.807, 2.05) is 37.3 Å². The lowest BCUT2D eigenvalue weighted by Crippen LogP contribution is -2.52. The summed E-state index contributed by atoms with van der Waals surface area (Å²) in [6.07, 6.45) is 0. The Morgan fingerprint density at radius 3 is 2.47 bits per heavy atom. The molecule has 9 heteroatoms. The maximum absolute atomic E-state index is 13.6. The number of para-hydroxylation sites is 1. The molecule has 3 aromatic rings. The molecule has 3 atom stereocenters. The van der Waals surface area contributed by atoms with Crippen molar-refractivity contribution in [1.29, 1.82) is 0 Å². The van der Waals surface area contributed by atoms with Gasteiger partial charge in [-0.3, -0.25) is 14.5 Å². The Morgan fingerprint density at radius 2 is 1.88 bits per heavy atom. The van der Waals surface area contributed by atoms with Gasteiger partial charge in [-0.05, 0) is 43.7 Å². The number of nitrogens with two attached hydrogens (primary N) is 1. The summed E-state index contributed by atoms with van der Waals surface area (Å²) in [7, 11) is 0. The van der Waals surface area contributed by atoms with Crippen LogP contribution < -0.4 is 16.0 Å². The van der Waals surface area contributed by atoms with Crippen molar-refractivity contribution in [2.24, 2.45) is 5.73 Å². The molecule has 3 unspecified atom stereocenters. The minimum atomic E-state index is -0.939. The highest BCUT2D eigenvalue weighted by atomic mass is 35.5. The van der Waals surface area contributed by atoms with Gasteiger partial charge < -0.3 is 11.1 Å². The van der Waals surface area contributed by atoms with Crippen molar-refractivity contribution in [3.63, 3.8) is 0 Å². The van der Waals surface area contributed by atoms with Gasteiger partial charge in [-0.15, -0.1) is 16.7 Å². The number of likely N-dealkylation sites (N-methyl/N-ethyl adjacent to an activating group) is 1. The van der Waals surface area contributed by atoms with Crippen LogP contribution in [0.4, 0.5) is 16.0 Å². The topological polar surface area (TPSA) is 93.2 Å². The lowest BCUT2D eigenvalue weighted by atomic mass is 9.82. The van der Waals surface area contributed by atoms with E-state index < -0.39 is 29.1 Å². The molecule has 2 heterocycles. The number of hydrogen-bond acceptors (Lipinski definition) is 4. The Kier molecular flexibility index (Phi) is 5.99. The number of nitrogens with one attached hydrogen (secondary N) is 1. The number of hydrogen-bond donors (Lipinski definition) is 2. The minimum Gasteiger partial charge on any atom is -0.319 e. The molecule has 0 bridgehead atoms. The molecule has 0 saturated carbocycles. The lowest BCUT2D eigenvalue weighted by Gasteiger charge is -2.36. The van der Waals surface area contributed by atoms with Crippen LogP contribution in [-0.2, 0) is 9.59 Å². The number of carbonyl (C=O) groups excluding carboxylic acids is 2. The zero-order valence-corrected chi connectivity index (χ0v) is 18.4. The van der Waals surface area contributed by atoms with Crippen molar-refractivity contribution < 1.29 is 14.0 Å². The van der Waals surface area contributed by atoms with E-state index in [2.05, 4.69) is 10.4 Å². The van der Waals surface area contributed by atoms with E-state index in [1.165, 1.54) is 12.1 Å². The monoisotopic (exact) mass is 455 g/mol. The number of aromatic nitrogens is 2. The van der Waals surface area contributed by atoms with Gasteiger partial charge in [0.05, 0.1) is 11.7 Å². The zero-order chi connectivity index (χ0) is 23.0. The molecule has 3 N–H and O–H groups in total. The summed E-state index contributed by atoms with van der Waals surface area (Å²) in [5, 5.41) is 6.63. The van der Waals surface area contributed by atoms with Gasteiger partial charge >= 0.3 is 0 Å². The molecule has 0 fully saturated rings. The van der Waals surface area contributed by atoms with Crippen LogP contribution in [0.5, 0.6) is 0 Å². The highest BCUT2D eigenvalue weighted by Gasteiger charge is 2.44. The van der Waals surface area contributed by atoms with Gasteiger partial charge in [0, 0.05) is 18.0 Å². The highest BCUT2D eigenvalue weighted by Crippen LogP contribution is 2.44. The van der Waals surface area contributed by atoms with E-state index in [9.17, 15) is 14.0 Å². The molecule has 2 aromatic carbocycles. The first-order chi connectivity index (χ1) is 15.3. The number of benzene rings is 2. The van der Waals surface area contributed by atoms with Crippen LogP contribution in [0.15, 0.2) is 54.6 Å². The van der Waals surface area contributed by atoms with Crippen LogP contribution in [0.2, 0.25) is 0 Å². The summed E-state index contributed by atoms with van der Waals surface area (Å²) in [4.78, 5) is 27.3. The maximum atomic E-state index is 13.6. The summed E-state index contributed by atoms with van der Waals surface area (Å²) < 4.78 is 15.2. The van der Waals surface area contributed by atoms with Gasteiger partial charge in [0.25, 0.3) is 0 Å². The number of fused-ring (bicyclic) bond motifs is 1. The molecule has 7 nitrogen and oxygen atoms in total. The van der Waals surface area contributed by atoms with Crippen molar-refractivity contribution >= 4 is 35.1 Å². The van der Waals surface area contributed by atoms with Crippen LogP contribution in [0.1, 0.15) is 30.9 Å². The number of carbonyl (C=O) groups is 2. The minimum absolute atomic E-state index is 0.261. The highest BCUT2D eigenvalue weighted by molar-refractivity contribution is 6.32. The van der Waals surface area contributed by atoms with E-state index in [1.54, 1.807) is 28.6 Å². The Morgan fingerprint density at radius 1 is 1.22 bits per heavy atom. The Bertz CT molecular complexity index is 1150. The van der Waals surface area contributed by atoms with Crippen LogP contribution in [-0.4, -0.2) is 39.6 Å². The third-order valence-corrected chi connectivity index (χ3v) is 5.72. The standard InChI is InChI=1S/C23H23ClFN5O2/c1-3-29-22-18(17(19(26)23(29)32)14-9-11-15(25)12-10-14)20(27-21(31)13(2)24)28-30(22)16-7-5-4-6-8-16/h4-13,17,19H,3,26H2,1-2H3,(H,27,28,31). The molecule has 0 spiro atoms. The second-order valence-corrected chi connectivity index (χ2v) is 8.23. The third-order valence-electron chi connectivity index (χ3n) is 5.52. The van der Waals surface area contributed by atoms with Crippen LogP contribution in [0.3, 0.4) is 0 Å². The second-order valence-electron chi connectivity index (χ2n) is 7.58. The molecular formula is C23H23ClFN5O2. The Hall–Kier alpha value is -3.23. The average Bonchev–Trinajstić information content (AvgIpc) is 3.14. The average molecular weight is 456 g/mol. The molecule has 166 valence electrons. The zero-order valence-electron chi connectivity index (χ0n) is 17.6. The van der Waals surface area contributed by atoms with Gasteiger partial charge in [0.1, 0.15) is 17.0 Å². The van der Waals surface area contributed by atoms with E-state index in [0.717, 1.165) is 0 Å². The van der Waals surface area contributed by atoms with Crippen molar-refractivity contribution in [2.45, 2.75) is 31.2 Å². The molecule has 1 aromatic heterocycles. The largest absolute Gasteiger partial charge is 0.319 e. The van der Waals surface area contributed by atoms with Crippen LogP contribution in [0.25, 0.3) is 5.69 Å². The fourth-order valence-corrected chi connectivity index (χ4v) is 4.04. The number of halogens is 2. The molecule has 2 amide bonds. The summed E-state index contributed by atoms with van der Waals surface area (Å²) in [6.45, 7) is 3.75. The Labute approximate surface area is 190 Å². The van der Waals surface area contributed by atoms with Crippen molar-refractivity contribution in [3.8, 4) is 5.69 Å². The number of amides is 2. The third kappa shape index (κ3) is 3.76. The Balaban J connectivity index is 2.00. The molecule has 1 aliphatic heterocycles. The van der Waals surface area contributed by atoms with Gasteiger partial charge in [-0.2, -0.15) is 0 Å². The normalized spacial score (nSPS) is 18.9. The van der Waals surface area contributed by atoms with Gasteiger partial charge in [0.15, 0.2) is 5.82 Å². The van der Waals surface area contributed by atoms with E-state index >= 15 is 0 Å². The van der Waals surface area contributed by atoms with Gasteiger partial charge in [0.2, 0.25) is 11.8 Å². The lowest BCUT2D eigenvalue weighted by molar-refractivity contribution is -0.120. The van der Waals surface area contributed by atoms with E-state index in [4.69, 9.17) is 17.3 Å². The van der Waals surface area contributed by atoms with Crippen molar-refractivity contribution in [3.05, 3.63) is 71.5 Å². The summed E-state index contributed by atoms with van der Waals surface area (Å²) in [5.74, 6) is -0.980. The molecule has 0 radical (unpaired) electrons. The van der Waals surface area contributed by atoms with Crippen LogP contribution >= 0.6 is 11.6 Å². The van der Waals surface area contributed by atoms with Crippen molar-refractivity contribution in [1.82, 2.24) is 9.78 Å². The quantitative estimate of drug-likeness (QED) is 0.576. The number of alkyl halides is 1. The predicted octanol–water partition coefficient (Wildman–Crippen LogP) is 3.40. The van der Waals surface area contributed by atoms with Gasteiger partial charge in [-0.1, -0.05) is 30.3 Å². The van der Waals surface area contributed by atoms with E-state index in [-0.39, 0.29) is 11.7 Å². The smallest absolute Gasteiger partial charge is 0.246 e.